The number of pyridine rings is 1. The topological polar surface area (TPSA) is 74.6 Å². The van der Waals surface area contributed by atoms with Crippen LogP contribution in [-0.2, 0) is 6.42 Å². The van der Waals surface area contributed by atoms with Crippen LogP contribution in [0, 0.1) is 0 Å². The predicted octanol–water partition coefficient (Wildman–Crippen LogP) is 2.79. The van der Waals surface area contributed by atoms with Gasteiger partial charge in [-0.1, -0.05) is 19.8 Å². The number of benzene rings is 1. The number of carboxylic acids is 1. The number of nitrogens with one attached hydrogen (secondary N) is 1. The van der Waals surface area contributed by atoms with Crippen molar-refractivity contribution in [3.8, 4) is 0 Å². The van der Waals surface area contributed by atoms with Crippen LogP contribution in [0.15, 0.2) is 23.1 Å². The molecule has 2 aromatic rings. The van der Waals surface area contributed by atoms with Crippen molar-refractivity contribution in [2.45, 2.75) is 45.1 Å². The standard InChI is InChI=1S/C21H27N3O3/c1-2-3-4-14-5-6-15-18(23-11-9-22-10-12-23)8-7-16-19(15)24(14)13-17(20(16)25)21(26)27/h7-8,13-14,22H,2-6,9-12H2,1H3,(H,26,27). The van der Waals surface area contributed by atoms with Crippen molar-refractivity contribution in [2.24, 2.45) is 0 Å². The Morgan fingerprint density at radius 2 is 2.07 bits per heavy atom. The summed E-state index contributed by atoms with van der Waals surface area (Å²) in [5, 5.41) is 13.5. The van der Waals surface area contributed by atoms with E-state index in [2.05, 4.69) is 21.7 Å². The zero-order chi connectivity index (χ0) is 19.0. The number of aryl methyl sites for hydroxylation is 1. The number of aromatic carboxylic acids is 1. The molecule has 0 amide bonds. The number of aromatic nitrogens is 1. The molecule has 0 bridgehead atoms. The summed E-state index contributed by atoms with van der Waals surface area (Å²) in [5.41, 5.74) is 2.88. The van der Waals surface area contributed by atoms with Crippen LogP contribution < -0.4 is 15.6 Å². The summed E-state index contributed by atoms with van der Waals surface area (Å²) in [4.78, 5) is 26.8. The maximum Gasteiger partial charge on any atom is 0.341 e. The zero-order valence-electron chi connectivity index (χ0n) is 15.8. The first kappa shape index (κ1) is 18.0. The van der Waals surface area contributed by atoms with Gasteiger partial charge in [0.2, 0.25) is 5.43 Å². The van der Waals surface area contributed by atoms with Crippen LogP contribution in [0.1, 0.15) is 54.6 Å². The minimum absolute atomic E-state index is 0.119. The highest BCUT2D eigenvalue weighted by atomic mass is 16.4. The molecule has 0 saturated carbocycles. The van der Waals surface area contributed by atoms with Crippen LogP contribution >= 0.6 is 0 Å². The first-order valence-corrected chi connectivity index (χ1v) is 10.0. The number of rotatable bonds is 5. The van der Waals surface area contributed by atoms with Crippen LogP contribution in [0.25, 0.3) is 10.9 Å². The van der Waals surface area contributed by atoms with Gasteiger partial charge in [0, 0.05) is 49.5 Å². The van der Waals surface area contributed by atoms with Gasteiger partial charge in [-0.15, -0.1) is 0 Å². The molecule has 1 atom stereocenters. The third kappa shape index (κ3) is 3.12. The average molecular weight is 369 g/mol. The van der Waals surface area contributed by atoms with Crippen molar-refractivity contribution >= 4 is 22.6 Å². The second-order valence-electron chi connectivity index (χ2n) is 7.62. The van der Waals surface area contributed by atoms with Crippen LogP contribution in [-0.4, -0.2) is 41.8 Å². The monoisotopic (exact) mass is 369 g/mol. The predicted molar refractivity (Wildman–Crippen MR) is 107 cm³/mol. The number of nitrogens with zero attached hydrogens (tertiary/aromatic N) is 2. The molecular formula is C21H27N3O3. The van der Waals surface area contributed by atoms with Gasteiger partial charge in [0.25, 0.3) is 0 Å². The number of hydrogen-bond donors (Lipinski definition) is 2. The Balaban J connectivity index is 1.93. The molecule has 1 aromatic carbocycles. The molecule has 0 aliphatic carbocycles. The Morgan fingerprint density at radius 1 is 1.30 bits per heavy atom. The minimum Gasteiger partial charge on any atom is -0.477 e. The molecule has 27 heavy (non-hydrogen) atoms. The van der Waals surface area contributed by atoms with Gasteiger partial charge in [-0.05, 0) is 37.0 Å². The lowest BCUT2D eigenvalue weighted by Gasteiger charge is -2.35. The molecule has 2 aliphatic heterocycles. The van der Waals surface area contributed by atoms with Gasteiger partial charge in [0.1, 0.15) is 5.56 Å². The molecule has 6 nitrogen and oxygen atoms in total. The van der Waals surface area contributed by atoms with Crippen LogP contribution in [0.2, 0.25) is 0 Å². The van der Waals surface area contributed by atoms with E-state index >= 15 is 0 Å². The quantitative estimate of drug-likeness (QED) is 0.848. The molecule has 144 valence electrons. The van der Waals surface area contributed by atoms with Crippen LogP contribution in [0.3, 0.4) is 0 Å². The molecule has 1 saturated heterocycles. The van der Waals surface area contributed by atoms with E-state index in [0.717, 1.165) is 63.8 Å². The maximum atomic E-state index is 12.8. The van der Waals surface area contributed by atoms with Crippen LogP contribution in [0.4, 0.5) is 5.69 Å². The molecule has 1 fully saturated rings. The summed E-state index contributed by atoms with van der Waals surface area (Å²) in [5.74, 6) is -1.14. The molecule has 0 radical (unpaired) electrons. The molecular weight excluding hydrogens is 342 g/mol. The Hall–Kier alpha value is -2.34. The Morgan fingerprint density at radius 3 is 2.78 bits per heavy atom. The molecule has 6 heteroatoms. The average Bonchev–Trinajstić information content (AvgIpc) is 2.69. The maximum absolute atomic E-state index is 12.8. The number of hydrogen-bond acceptors (Lipinski definition) is 4. The highest BCUT2D eigenvalue weighted by molar-refractivity contribution is 5.95. The van der Waals surface area contributed by atoms with Gasteiger partial charge in [0.05, 0.1) is 5.52 Å². The van der Waals surface area contributed by atoms with Crippen LogP contribution in [0.5, 0.6) is 0 Å². The van der Waals surface area contributed by atoms with Crippen molar-refractivity contribution in [3.05, 3.63) is 39.7 Å². The molecule has 4 rings (SSSR count). The highest BCUT2D eigenvalue weighted by Gasteiger charge is 2.27. The van der Waals surface area contributed by atoms with Gasteiger partial charge in [-0.25, -0.2) is 4.79 Å². The van der Waals surface area contributed by atoms with E-state index in [1.165, 1.54) is 11.3 Å². The van der Waals surface area contributed by atoms with E-state index in [0.29, 0.717) is 5.39 Å². The summed E-state index contributed by atoms with van der Waals surface area (Å²) < 4.78 is 2.10. The zero-order valence-corrected chi connectivity index (χ0v) is 15.8. The van der Waals surface area contributed by atoms with Crippen molar-refractivity contribution in [1.82, 2.24) is 9.88 Å². The Bertz CT molecular complexity index is 928. The third-order valence-electron chi connectivity index (χ3n) is 5.97. The smallest absolute Gasteiger partial charge is 0.341 e. The first-order chi connectivity index (χ1) is 13.1. The Kier molecular flexibility index (Phi) is 4.91. The second kappa shape index (κ2) is 7.35. The summed E-state index contributed by atoms with van der Waals surface area (Å²) in [6.45, 7) is 6.00. The molecule has 1 aromatic heterocycles. The molecule has 3 heterocycles. The number of carboxylic acid groups (broad SMARTS) is 1. The fourth-order valence-corrected chi connectivity index (χ4v) is 4.57. The molecule has 2 N–H and O–H groups in total. The lowest BCUT2D eigenvalue weighted by Crippen LogP contribution is -2.44. The highest BCUT2D eigenvalue weighted by Crippen LogP contribution is 2.38. The van der Waals surface area contributed by atoms with E-state index in [-0.39, 0.29) is 17.0 Å². The molecule has 0 spiro atoms. The van der Waals surface area contributed by atoms with Crippen molar-refractivity contribution < 1.29 is 9.90 Å². The number of piperazine rings is 1. The first-order valence-electron chi connectivity index (χ1n) is 10.0. The van der Waals surface area contributed by atoms with Gasteiger partial charge in [-0.2, -0.15) is 0 Å². The number of carbonyl (C=O) groups is 1. The van der Waals surface area contributed by atoms with E-state index in [4.69, 9.17) is 0 Å². The normalized spacial score (nSPS) is 19.4. The Labute approximate surface area is 158 Å². The number of anilines is 1. The van der Waals surface area contributed by atoms with Crippen molar-refractivity contribution in [3.63, 3.8) is 0 Å². The largest absolute Gasteiger partial charge is 0.477 e. The lowest BCUT2D eigenvalue weighted by atomic mass is 9.91. The van der Waals surface area contributed by atoms with Crippen molar-refractivity contribution in [2.75, 3.05) is 31.1 Å². The third-order valence-corrected chi connectivity index (χ3v) is 5.97. The van der Waals surface area contributed by atoms with E-state index in [1.54, 1.807) is 6.20 Å². The van der Waals surface area contributed by atoms with Gasteiger partial charge in [-0.3, -0.25) is 4.79 Å². The molecule has 1 unspecified atom stereocenters. The van der Waals surface area contributed by atoms with E-state index < -0.39 is 5.97 Å². The van der Waals surface area contributed by atoms with E-state index in [1.807, 2.05) is 12.1 Å². The fourth-order valence-electron chi connectivity index (χ4n) is 4.57. The SMILES string of the molecule is CCCCC1CCc2c(N3CCNCC3)ccc3c(=O)c(C(=O)O)cn1c23. The minimum atomic E-state index is -1.14. The van der Waals surface area contributed by atoms with Gasteiger partial charge < -0.3 is 19.9 Å². The molecule has 2 aliphatic rings. The van der Waals surface area contributed by atoms with E-state index in [9.17, 15) is 14.7 Å². The van der Waals surface area contributed by atoms with Crippen molar-refractivity contribution in [1.29, 1.82) is 0 Å². The van der Waals surface area contributed by atoms with Gasteiger partial charge in [0.15, 0.2) is 0 Å². The van der Waals surface area contributed by atoms with Gasteiger partial charge >= 0.3 is 5.97 Å². The number of unbranched alkanes of at least 4 members (excludes halogenated alkanes) is 1. The lowest BCUT2D eigenvalue weighted by molar-refractivity contribution is 0.0694. The summed E-state index contributed by atoms with van der Waals surface area (Å²) >= 11 is 0. The second-order valence-corrected chi connectivity index (χ2v) is 7.62. The summed E-state index contributed by atoms with van der Waals surface area (Å²) in [7, 11) is 0. The fraction of sp³-hybridized carbons (Fsp3) is 0.524. The summed E-state index contributed by atoms with van der Waals surface area (Å²) in [6.07, 6.45) is 6.76. The summed E-state index contributed by atoms with van der Waals surface area (Å²) in [6, 6.07) is 4.12.